The highest BCUT2D eigenvalue weighted by Gasteiger charge is 2.02. The molecule has 0 aliphatic carbocycles. The molecule has 0 bridgehead atoms. The van der Waals surface area contributed by atoms with Gasteiger partial charge in [0, 0.05) is 24.0 Å². The first-order valence-corrected chi connectivity index (χ1v) is 8.25. The first-order chi connectivity index (χ1) is 11.8. The van der Waals surface area contributed by atoms with Crippen molar-refractivity contribution in [3.63, 3.8) is 0 Å². The Morgan fingerprint density at radius 1 is 0.875 bits per heavy atom. The van der Waals surface area contributed by atoms with Crippen molar-refractivity contribution in [2.24, 2.45) is 0 Å². The van der Waals surface area contributed by atoms with Crippen LogP contribution in [0.15, 0.2) is 66.7 Å². The number of hydrogen-bond acceptors (Lipinski definition) is 4. The Bertz CT molecular complexity index is 757. The zero-order valence-corrected chi connectivity index (χ0v) is 13.9. The number of benzene rings is 2. The van der Waals surface area contributed by atoms with Crippen LogP contribution in [-0.2, 0) is 6.42 Å². The van der Waals surface area contributed by atoms with E-state index in [2.05, 4.69) is 44.9 Å². The molecule has 0 saturated heterocycles. The fourth-order valence-electron chi connectivity index (χ4n) is 2.52. The Labute approximate surface area is 143 Å². The maximum absolute atomic E-state index is 4.54. The minimum Gasteiger partial charge on any atom is -0.370 e. The molecular weight excluding hydrogens is 296 g/mol. The second-order valence-corrected chi connectivity index (χ2v) is 5.73. The number of aryl methyl sites for hydroxylation is 2. The number of hydrogen-bond donors (Lipinski definition) is 2. The highest BCUT2D eigenvalue weighted by molar-refractivity contribution is 5.54. The van der Waals surface area contributed by atoms with E-state index in [0.717, 1.165) is 36.6 Å². The second-order valence-electron chi connectivity index (χ2n) is 5.73. The van der Waals surface area contributed by atoms with E-state index in [1.807, 2.05) is 49.4 Å². The van der Waals surface area contributed by atoms with Crippen molar-refractivity contribution < 1.29 is 0 Å². The molecule has 0 unspecified atom stereocenters. The average Bonchev–Trinajstić information content (AvgIpc) is 2.60. The summed E-state index contributed by atoms with van der Waals surface area (Å²) in [7, 11) is 0. The summed E-state index contributed by atoms with van der Waals surface area (Å²) in [6.07, 6.45) is 2.13. The van der Waals surface area contributed by atoms with Crippen LogP contribution in [0.2, 0.25) is 0 Å². The summed E-state index contributed by atoms with van der Waals surface area (Å²) in [6, 6.07) is 22.5. The van der Waals surface area contributed by atoms with Crippen molar-refractivity contribution in [2.45, 2.75) is 19.8 Å². The monoisotopic (exact) mass is 318 g/mol. The average molecular weight is 318 g/mol. The lowest BCUT2D eigenvalue weighted by Gasteiger charge is -2.10. The SMILES string of the molecule is Cc1cc(NCCCc2ccccc2)nc(Nc2ccccc2)n1. The summed E-state index contributed by atoms with van der Waals surface area (Å²) in [5, 5.41) is 6.63. The molecule has 122 valence electrons. The molecular formula is C20H22N4. The third-order valence-corrected chi connectivity index (χ3v) is 3.68. The largest absolute Gasteiger partial charge is 0.370 e. The number of aromatic nitrogens is 2. The van der Waals surface area contributed by atoms with E-state index in [4.69, 9.17) is 0 Å². The number of rotatable bonds is 7. The van der Waals surface area contributed by atoms with Crippen molar-refractivity contribution in [3.05, 3.63) is 78.0 Å². The first kappa shape index (κ1) is 16.0. The van der Waals surface area contributed by atoms with Gasteiger partial charge in [-0.25, -0.2) is 4.98 Å². The molecule has 24 heavy (non-hydrogen) atoms. The maximum atomic E-state index is 4.54. The molecule has 0 spiro atoms. The van der Waals surface area contributed by atoms with Crippen LogP contribution in [0.1, 0.15) is 17.7 Å². The lowest BCUT2D eigenvalue weighted by atomic mass is 10.1. The molecule has 0 saturated carbocycles. The van der Waals surface area contributed by atoms with Crippen LogP contribution in [0.25, 0.3) is 0 Å². The Kier molecular flexibility index (Phi) is 5.40. The molecule has 0 aliphatic rings. The van der Waals surface area contributed by atoms with Crippen LogP contribution >= 0.6 is 0 Å². The van der Waals surface area contributed by atoms with Crippen molar-refractivity contribution in [1.82, 2.24) is 9.97 Å². The topological polar surface area (TPSA) is 49.8 Å². The van der Waals surface area contributed by atoms with Gasteiger partial charge >= 0.3 is 0 Å². The number of anilines is 3. The molecule has 3 aromatic rings. The molecule has 0 aliphatic heterocycles. The van der Waals surface area contributed by atoms with Gasteiger partial charge in [0.15, 0.2) is 0 Å². The van der Waals surface area contributed by atoms with E-state index in [1.54, 1.807) is 0 Å². The molecule has 0 amide bonds. The molecule has 1 aromatic heterocycles. The van der Waals surface area contributed by atoms with Crippen LogP contribution in [0, 0.1) is 6.92 Å². The molecule has 2 aromatic carbocycles. The predicted octanol–water partition coefficient (Wildman–Crippen LogP) is 4.57. The van der Waals surface area contributed by atoms with Crippen molar-refractivity contribution in [2.75, 3.05) is 17.2 Å². The zero-order chi connectivity index (χ0) is 16.6. The van der Waals surface area contributed by atoms with Gasteiger partial charge in [0.05, 0.1) is 0 Å². The van der Waals surface area contributed by atoms with Gasteiger partial charge in [-0.3, -0.25) is 0 Å². The normalized spacial score (nSPS) is 10.4. The van der Waals surface area contributed by atoms with Crippen molar-refractivity contribution >= 4 is 17.5 Å². The van der Waals surface area contributed by atoms with Crippen molar-refractivity contribution in [3.8, 4) is 0 Å². The van der Waals surface area contributed by atoms with E-state index >= 15 is 0 Å². The van der Waals surface area contributed by atoms with E-state index < -0.39 is 0 Å². The van der Waals surface area contributed by atoms with Gasteiger partial charge in [-0.2, -0.15) is 4.98 Å². The molecule has 0 fully saturated rings. The minimum absolute atomic E-state index is 0.617. The lowest BCUT2D eigenvalue weighted by molar-refractivity contribution is 0.857. The highest BCUT2D eigenvalue weighted by atomic mass is 15.1. The molecule has 4 nitrogen and oxygen atoms in total. The molecule has 2 N–H and O–H groups in total. The van der Waals surface area contributed by atoms with Gasteiger partial charge in [0.25, 0.3) is 0 Å². The first-order valence-electron chi connectivity index (χ1n) is 8.25. The summed E-state index contributed by atoms with van der Waals surface area (Å²) in [6.45, 7) is 2.86. The van der Waals surface area contributed by atoms with E-state index in [-0.39, 0.29) is 0 Å². The Hall–Kier alpha value is -2.88. The van der Waals surface area contributed by atoms with E-state index in [1.165, 1.54) is 5.56 Å². The number of nitrogens with zero attached hydrogens (tertiary/aromatic N) is 2. The third kappa shape index (κ3) is 4.81. The molecule has 0 atom stereocenters. The summed E-state index contributed by atoms with van der Waals surface area (Å²) in [5.41, 5.74) is 3.29. The van der Waals surface area contributed by atoms with Gasteiger partial charge in [-0.1, -0.05) is 48.5 Å². The molecule has 0 radical (unpaired) electrons. The second kappa shape index (κ2) is 8.11. The number of para-hydroxylation sites is 1. The lowest BCUT2D eigenvalue weighted by Crippen LogP contribution is -2.07. The van der Waals surface area contributed by atoms with Gasteiger partial charge in [-0.15, -0.1) is 0 Å². The Morgan fingerprint density at radius 2 is 1.58 bits per heavy atom. The Morgan fingerprint density at radius 3 is 2.33 bits per heavy atom. The maximum Gasteiger partial charge on any atom is 0.229 e. The van der Waals surface area contributed by atoms with Gasteiger partial charge in [-0.05, 0) is 37.5 Å². The Balaban J connectivity index is 1.55. The fraction of sp³-hybridized carbons (Fsp3) is 0.200. The fourth-order valence-corrected chi connectivity index (χ4v) is 2.52. The quantitative estimate of drug-likeness (QED) is 0.626. The van der Waals surface area contributed by atoms with Gasteiger partial charge in [0.2, 0.25) is 5.95 Å². The molecule has 1 heterocycles. The standard InChI is InChI=1S/C20H22N4/c1-16-15-19(21-14-8-11-17-9-4-2-5-10-17)24-20(22-16)23-18-12-6-3-7-13-18/h2-7,9-10,12-13,15H,8,11,14H2,1H3,(H2,21,22,23,24). The summed E-state index contributed by atoms with van der Waals surface area (Å²) >= 11 is 0. The van der Waals surface area contributed by atoms with Crippen LogP contribution in [0.3, 0.4) is 0 Å². The van der Waals surface area contributed by atoms with Crippen molar-refractivity contribution in [1.29, 1.82) is 0 Å². The minimum atomic E-state index is 0.617. The predicted molar refractivity (Wildman–Crippen MR) is 99.7 cm³/mol. The van der Waals surface area contributed by atoms with Gasteiger partial charge < -0.3 is 10.6 Å². The third-order valence-electron chi connectivity index (χ3n) is 3.68. The highest BCUT2D eigenvalue weighted by Crippen LogP contribution is 2.15. The summed E-state index contributed by atoms with van der Waals surface area (Å²) in [4.78, 5) is 8.98. The van der Waals surface area contributed by atoms with E-state index in [9.17, 15) is 0 Å². The summed E-state index contributed by atoms with van der Waals surface area (Å²) in [5.74, 6) is 1.47. The number of nitrogens with one attached hydrogen (secondary N) is 2. The zero-order valence-electron chi connectivity index (χ0n) is 13.9. The van der Waals surface area contributed by atoms with Gasteiger partial charge in [0.1, 0.15) is 5.82 Å². The molecule has 4 heteroatoms. The molecule has 3 rings (SSSR count). The summed E-state index contributed by atoms with van der Waals surface area (Å²) < 4.78 is 0. The van der Waals surface area contributed by atoms with Crippen LogP contribution in [0.4, 0.5) is 17.5 Å². The van der Waals surface area contributed by atoms with E-state index in [0.29, 0.717) is 5.95 Å². The smallest absolute Gasteiger partial charge is 0.229 e. The van der Waals surface area contributed by atoms with Crippen LogP contribution in [-0.4, -0.2) is 16.5 Å². The van der Waals surface area contributed by atoms with Crippen LogP contribution in [0.5, 0.6) is 0 Å². The van der Waals surface area contributed by atoms with Crippen LogP contribution < -0.4 is 10.6 Å².